The highest BCUT2D eigenvalue weighted by Gasteiger charge is 1.98. The molecule has 2 nitrogen and oxygen atoms in total. The molecule has 0 spiro atoms. The standard InChI is InChI=1S/C8H13Cl3O2/c9-7(8(10)11)3-1-2-5-13-6-4-12/h12H,1-6H2. The van der Waals surface area contributed by atoms with Gasteiger partial charge in [-0.25, -0.2) is 0 Å². The molecule has 0 amide bonds. The Morgan fingerprint density at radius 3 is 2.31 bits per heavy atom. The van der Waals surface area contributed by atoms with E-state index < -0.39 is 0 Å². The van der Waals surface area contributed by atoms with Gasteiger partial charge in [0.05, 0.1) is 13.2 Å². The maximum atomic E-state index is 8.40. The van der Waals surface area contributed by atoms with Crippen LogP contribution in [0.3, 0.4) is 0 Å². The molecule has 0 aromatic heterocycles. The van der Waals surface area contributed by atoms with Crippen LogP contribution < -0.4 is 0 Å². The van der Waals surface area contributed by atoms with Crippen molar-refractivity contribution in [3.8, 4) is 0 Å². The lowest BCUT2D eigenvalue weighted by molar-refractivity contribution is 0.0899. The normalized spacial score (nSPS) is 10.2. The Balaban J connectivity index is 3.22. The molecule has 0 fully saturated rings. The van der Waals surface area contributed by atoms with Gasteiger partial charge in [-0.15, -0.1) is 0 Å². The summed E-state index contributed by atoms with van der Waals surface area (Å²) in [6.07, 6.45) is 2.44. The van der Waals surface area contributed by atoms with Crippen molar-refractivity contribution in [3.63, 3.8) is 0 Å². The van der Waals surface area contributed by atoms with Gasteiger partial charge in [0.15, 0.2) is 0 Å². The third kappa shape index (κ3) is 8.85. The van der Waals surface area contributed by atoms with Gasteiger partial charge in [0.1, 0.15) is 4.49 Å². The summed E-state index contributed by atoms with van der Waals surface area (Å²) >= 11 is 16.6. The fourth-order valence-electron chi connectivity index (χ4n) is 0.745. The maximum absolute atomic E-state index is 8.40. The Morgan fingerprint density at radius 1 is 1.08 bits per heavy atom. The summed E-state index contributed by atoms with van der Waals surface area (Å²) in [5, 5.41) is 8.89. The molecule has 0 saturated heterocycles. The summed E-state index contributed by atoms with van der Waals surface area (Å²) in [5.74, 6) is 0. The fraction of sp³-hybridized carbons (Fsp3) is 0.750. The van der Waals surface area contributed by atoms with Crippen LogP contribution in [0, 0.1) is 0 Å². The largest absolute Gasteiger partial charge is 0.394 e. The minimum atomic E-state index is 0.0637. The van der Waals surface area contributed by atoms with E-state index in [-0.39, 0.29) is 11.1 Å². The summed E-state index contributed by atoms with van der Waals surface area (Å²) in [6.45, 7) is 1.08. The number of ether oxygens (including phenoxy) is 1. The Bertz CT molecular complexity index is 155. The van der Waals surface area contributed by atoms with Gasteiger partial charge in [0, 0.05) is 11.6 Å². The smallest absolute Gasteiger partial charge is 0.121 e. The van der Waals surface area contributed by atoms with Crippen LogP contribution in [-0.2, 0) is 4.74 Å². The van der Waals surface area contributed by atoms with Gasteiger partial charge < -0.3 is 9.84 Å². The van der Waals surface area contributed by atoms with Crippen molar-refractivity contribution in [2.45, 2.75) is 19.3 Å². The van der Waals surface area contributed by atoms with Crippen molar-refractivity contribution in [2.24, 2.45) is 0 Å². The predicted molar refractivity (Wildman–Crippen MR) is 56.3 cm³/mol. The van der Waals surface area contributed by atoms with Gasteiger partial charge in [0.2, 0.25) is 0 Å². The summed E-state index contributed by atoms with van der Waals surface area (Å²) in [7, 11) is 0. The Kier molecular flexibility index (Phi) is 9.47. The predicted octanol–water partition coefficient (Wildman–Crippen LogP) is 3.05. The van der Waals surface area contributed by atoms with E-state index in [2.05, 4.69) is 0 Å². The SMILES string of the molecule is OCCOCCCCC(Cl)=C(Cl)Cl. The van der Waals surface area contributed by atoms with E-state index in [1.54, 1.807) is 0 Å². The highest BCUT2D eigenvalue weighted by molar-refractivity contribution is 6.59. The Hall–Kier alpha value is 0.530. The average Bonchev–Trinajstić information content (AvgIpc) is 2.10. The van der Waals surface area contributed by atoms with Crippen LogP contribution in [0.2, 0.25) is 0 Å². The van der Waals surface area contributed by atoms with Gasteiger partial charge >= 0.3 is 0 Å². The number of aliphatic hydroxyl groups excluding tert-OH is 1. The molecular weight excluding hydrogens is 234 g/mol. The molecule has 0 unspecified atom stereocenters. The van der Waals surface area contributed by atoms with E-state index >= 15 is 0 Å². The van der Waals surface area contributed by atoms with Gasteiger partial charge in [0.25, 0.3) is 0 Å². The second-order valence-electron chi connectivity index (χ2n) is 2.46. The quantitative estimate of drug-likeness (QED) is 0.701. The van der Waals surface area contributed by atoms with E-state index in [4.69, 9.17) is 44.6 Å². The van der Waals surface area contributed by atoms with E-state index in [9.17, 15) is 0 Å². The molecule has 0 aliphatic carbocycles. The van der Waals surface area contributed by atoms with Gasteiger partial charge in [-0.1, -0.05) is 34.8 Å². The molecule has 5 heteroatoms. The lowest BCUT2D eigenvalue weighted by Gasteiger charge is -2.01. The van der Waals surface area contributed by atoms with E-state index in [1.165, 1.54) is 0 Å². The summed E-state index contributed by atoms with van der Waals surface area (Å²) in [5.41, 5.74) is 0. The first-order valence-electron chi connectivity index (χ1n) is 4.06. The number of halogens is 3. The molecule has 0 aromatic carbocycles. The van der Waals surface area contributed by atoms with E-state index in [0.717, 1.165) is 12.8 Å². The summed E-state index contributed by atoms with van der Waals surface area (Å²) in [4.78, 5) is 0. The van der Waals surface area contributed by atoms with E-state index in [1.807, 2.05) is 0 Å². The molecule has 0 aliphatic heterocycles. The van der Waals surface area contributed by atoms with Crippen molar-refractivity contribution < 1.29 is 9.84 Å². The molecular formula is C8H13Cl3O2. The van der Waals surface area contributed by atoms with Crippen LogP contribution in [0.5, 0.6) is 0 Å². The molecule has 0 saturated carbocycles. The summed E-state index contributed by atoms with van der Waals surface area (Å²) in [6, 6.07) is 0. The number of unbranched alkanes of at least 4 members (excludes halogenated alkanes) is 1. The van der Waals surface area contributed by atoms with E-state index in [0.29, 0.717) is 24.7 Å². The highest BCUT2D eigenvalue weighted by Crippen LogP contribution is 2.22. The first kappa shape index (κ1) is 13.5. The highest BCUT2D eigenvalue weighted by atomic mass is 35.5. The number of hydrogen-bond acceptors (Lipinski definition) is 2. The minimum Gasteiger partial charge on any atom is -0.394 e. The van der Waals surface area contributed by atoms with Crippen molar-refractivity contribution in [3.05, 3.63) is 9.52 Å². The monoisotopic (exact) mass is 246 g/mol. The maximum Gasteiger partial charge on any atom is 0.121 e. The Labute approximate surface area is 93.4 Å². The minimum absolute atomic E-state index is 0.0637. The van der Waals surface area contributed by atoms with Crippen molar-refractivity contribution in [2.75, 3.05) is 19.8 Å². The molecule has 13 heavy (non-hydrogen) atoms. The summed E-state index contributed by atoms with van der Waals surface area (Å²) < 4.78 is 5.19. The fourth-order valence-corrected chi connectivity index (χ4v) is 1.07. The van der Waals surface area contributed by atoms with Gasteiger partial charge in [-0.3, -0.25) is 0 Å². The van der Waals surface area contributed by atoms with Gasteiger partial charge in [-0.05, 0) is 19.3 Å². The second-order valence-corrected chi connectivity index (χ2v) is 3.86. The van der Waals surface area contributed by atoms with Crippen LogP contribution in [0.1, 0.15) is 19.3 Å². The van der Waals surface area contributed by atoms with Crippen LogP contribution in [-0.4, -0.2) is 24.9 Å². The zero-order valence-corrected chi connectivity index (χ0v) is 9.50. The van der Waals surface area contributed by atoms with Crippen molar-refractivity contribution >= 4 is 34.8 Å². The number of rotatable bonds is 7. The molecule has 0 bridgehead atoms. The molecule has 0 rings (SSSR count). The second kappa shape index (κ2) is 9.10. The average molecular weight is 248 g/mol. The van der Waals surface area contributed by atoms with Crippen LogP contribution in [0.15, 0.2) is 9.52 Å². The first-order valence-corrected chi connectivity index (χ1v) is 5.20. The molecule has 0 aromatic rings. The Morgan fingerprint density at radius 2 is 1.77 bits per heavy atom. The number of allylic oxidation sites excluding steroid dienone is 1. The van der Waals surface area contributed by atoms with Crippen molar-refractivity contribution in [1.82, 2.24) is 0 Å². The molecule has 78 valence electrons. The molecule has 1 N–H and O–H groups in total. The lowest BCUT2D eigenvalue weighted by Crippen LogP contribution is -2.00. The van der Waals surface area contributed by atoms with Crippen LogP contribution in [0.4, 0.5) is 0 Å². The lowest BCUT2D eigenvalue weighted by atomic mass is 10.2. The zero-order valence-electron chi connectivity index (χ0n) is 7.23. The third-order valence-electron chi connectivity index (χ3n) is 1.38. The molecule has 0 radical (unpaired) electrons. The van der Waals surface area contributed by atoms with Gasteiger partial charge in [-0.2, -0.15) is 0 Å². The first-order chi connectivity index (χ1) is 6.18. The zero-order chi connectivity index (χ0) is 10.1. The van der Waals surface area contributed by atoms with Crippen LogP contribution >= 0.6 is 34.8 Å². The molecule has 0 heterocycles. The molecule has 0 atom stereocenters. The van der Waals surface area contributed by atoms with Crippen molar-refractivity contribution in [1.29, 1.82) is 0 Å². The molecule has 0 aliphatic rings. The van der Waals surface area contributed by atoms with Crippen LogP contribution in [0.25, 0.3) is 0 Å². The third-order valence-corrected chi connectivity index (χ3v) is 2.40. The number of aliphatic hydroxyl groups is 1. The number of hydrogen-bond donors (Lipinski definition) is 1. The topological polar surface area (TPSA) is 29.5 Å².